The molecule has 1 N–H and O–H groups in total. The number of carbonyl (C=O) groups is 1. The number of carbonyl (C=O) groups excluding carboxylic acids is 1. The molecule has 92 valence electrons. The van der Waals surface area contributed by atoms with Gasteiger partial charge in [-0.2, -0.15) is 0 Å². The zero-order chi connectivity index (χ0) is 12.3. The molecule has 1 fully saturated rings. The normalized spacial score (nSPS) is 20.5. The highest BCUT2D eigenvalue weighted by Gasteiger charge is 2.25. The average Bonchev–Trinajstić information content (AvgIpc) is 2.35. The van der Waals surface area contributed by atoms with E-state index in [-0.39, 0.29) is 11.8 Å². The van der Waals surface area contributed by atoms with Crippen molar-refractivity contribution in [1.82, 2.24) is 9.88 Å². The van der Waals surface area contributed by atoms with E-state index in [0.717, 1.165) is 30.8 Å². The summed E-state index contributed by atoms with van der Waals surface area (Å²) in [7, 11) is 1.88. The largest absolute Gasteiger partial charge is 0.388 e. The Morgan fingerprint density at radius 2 is 2.41 bits per heavy atom. The lowest BCUT2D eigenvalue weighted by Gasteiger charge is -2.30. The number of pyridine rings is 1. The first kappa shape index (κ1) is 11.9. The molecule has 0 aromatic carbocycles. The summed E-state index contributed by atoms with van der Waals surface area (Å²) in [5, 5.41) is 3.08. The predicted molar refractivity (Wildman–Crippen MR) is 67.6 cm³/mol. The maximum atomic E-state index is 12.0. The van der Waals surface area contributed by atoms with E-state index < -0.39 is 0 Å². The Kier molecular flexibility index (Phi) is 3.61. The van der Waals surface area contributed by atoms with Crippen LogP contribution >= 0.6 is 0 Å². The van der Waals surface area contributed by atoms with Gasteiger partial charge in [-0.1, -0.05) is 6.92 Å². The number of amides is 1. The minimum atomic E-state index is 0.163. The third-order valence-electron chi connectivity index (χ3n) is 3.26. The summed E-state index contributed by atoms with van der Waals surface area (Å²) in [6, 6.07) is 3.91. The summed E-state index contributed by atoms with van der Waals surface area (Å²) < 4.78 is 0. The second-order valence-corrected chi connectivity index (χ2v) is 4.59. The van der Waals surface area contributed by atoms with Crippen molar-refractivity contribution >= 4 is 11.6 Å². The van der Waals surface area contributed by atoms with Crippen LogP contribution in [0.2, 0.25) is 0 Å². The lowest BCUT2D eigenvalue weighted by molar-refractivity contribution is -0.138. The van der Waals surface area contributed by atoms with E-state index in [0.29, 0.717) is 6.54 Å². The average molecular weight is 233 g/mol. The zero-order valence-electron chi connectivity index (χ0n) is 10.4. The maximum Gasteiger partial charge on any atom is 0.225 e. The van der Waals surface area contributed by atoms with Crippen LogP contribution in [-0.4, -0.2) is 29.4 Å². The fraction of sp³-hybridized carbons (Fsp3) is 0.538. The molecule has 4 heteroatoms. The number of nitrogens with one attached hydrogen (secondary N) is 1. The van der Waals surface area contributed by atoms with Gasteiger partial charge < -0.3 is 10.2 Å². The fourth-order valence-electron chi connectivity index (χ4n) is 2.21. The molecule has 17 heavy (non-hydrogen) atoms. The van der Waals surface area contributed by atoms with Crippen LogP contribution in [0.25, 0.3) is 0 Å². The van der Waals surface area contributed by atoms with E-state index in [1.54, 1.807) is 6.20 Å². The van der Waals surface area contributed by atoms with Crippen molar-refractivity contribution in [2.45, 2.75) is 26.3 Å². The Bertz CT molecular complexity index is 405. The van der Waals surface area contributed by atoms with E-state index in [2.05, 4.69) is 10.3 Å². The highest BCUT2D eigenvalue weighted by Crippen LogP contribution is 2.19. The van der Waals surface area contributed by atoms with Crippen molar-refractivity contribution in [1.29, 1.82) is 0 Å². The minimum Gasteiger partial charge on any atom is -0.388 e. The molecule has 2 heterocycles. The molecule has 1 aliphatic rings. The predicted octanol–water partition coefficient (Wildman–Crippen LogP) is 1.88. The van der Waals surface area contributed by atoms with Gasteiger partial charge >= 0.3 is 0 Å². The number of aromatic nitrogens is 1. The molecule has 0 bridgehead atoms. The second-order valence-electron chi connectivity index (χ2n) is 4.59. The molecule has 1 aromatic heterocycles. The molecule has 1 amide bonds. The van der Waals surface area contributed by atoms with Gasteiger partial charge in [-0.05, 0) is 25.0 Å². The second kappa shape index (κ2) is 5.17. The first-order valence-electron chi connectivity index (χ1n) is 6.12. The van der Waals surface area contributed by atoms with Gasteiger partial charge in [-0.3, -0.25) is 9.78 Å². The molecule has 1 aromatic rings. The number of likely N-dealkylation sites (tertiary alicyclic amines) is 1. The van der Waals surface area contributed by atoms with Crippen molar-refractivity contribution in [3.63, 3.8) is 0 Å². The lowest BCUT2D eigenvalue weighted by atomic mass is 9.99. The number of hydrogen-bond acceptors (Lipinski definition) is 3. The molecule has 1 aliphatic heterocycles. The number of rotatable bonds is 3. The maximum absolute atomic E-state index is 12.0. The van der Waals surface area contributed by atoms with E-state index in [1.165, 1.54) is 0 Å². The van der Waals surface area contributed by atoms with Gasteiger partial charge in [0.25, 0.3) is 0 Å². The van der Waals surface area contributed by atoms with Gasteiger partial charge in [-0.15, -0.1) is 0 Å². The summed E-state index contributed by atoms with van der Waals surface area (Å²) in [4.78, 5) is 18.2. The first-order chi connectivity index (χ1) is 8.20. The Labute approximate surface area is 102 Å². The molecule has 0 aliphatic carbocycles. The zero-order valence-corrected chi connectivity index (χ0v) is 10.4. The van der Waals surface area contributed by atoms with Gasteiger partial charge in [-0.25, -0.2) is 0 Å². The van der Waals surface area contributed by atoms with E-state index in [1.807, 2.05) is 31.0 Å². The van der Waals surface area contributed by atoms with Gasteiger partial charge in [0.15, 0.2) is 0 Å². The molecule has 1 atom stereocenters. The summed E-state index contributed by atoms with van der Waals surface area (Å²) in [6.45, 7) is 3.49. The molecule has 1 unspecified atom stereocenters. The van der Waals surface area contributed by atoms with Gasteiger partial charge in [0.05, 0.1) is 12.2 Å². The monoisotopic (exact) mass is 233 g/mol. The van der Waals surface area contributed by atoms with Crippen LogP contribution in [0.3, 0.4) is 0 Å². The topological polar surface area (TPSA) is 45.2 Å². The Balaban J connectivity index is 2.06. The van der Waals surface area contributed by atoms with Crippen LogP contribution in [-0.2, 0) is 11.3 Å². The van der Waals surface area contributed by atoms with Crippen LogP contribution in [0, 0.1) is 5.92 Å². The molecule has 0 saturated carbocycles. The van der Waals surface area contributed by atoms with Crippen LogP contribution in [0.1, 0.15) is 25.5 Å². The van der Waals surface area contributed by atoms with Crippen molar-refractivity contribution in [2.75, 3.05) is 18.9 Å². The summed E-state index contributed by atoms with van der Waals surface area (Å²) in [6.07, 6.45) is 3.89. The van der Waals surface area contributed by atoms with Crippen LogP contribution in [0.15, 0.2) is 18.3 Å². The summed E-state index contributed by atoms with van der Waals surface area (Å²) >= 11 is 0. The number of piperidine rings is 1. The SMILES string of the molecule is CNc1ccnc(CN2CCCC(C)C2=O)c1. The Morgan fingerprint density at radius 3 is 3.18 bits per heavy atom. The van der Waals surface area contributed by atoms with Crippen LogP contribution in [0.5, 0.6) is 0 Å². The molecule has 2 rings (SSSR count). The summed E-state index contributed by atoms with van der Waals surface area (Å²) in [5.41, 5.74) is 1.98. The highest BCUT2D eigenvalue weighted by molar-refractivity contribution is 5.79. The van der Waals surface area contributed by atoms with Gasteiger partial charge in [0.2, 0.25) is 5.91 Å². The van der Waals surface area contributed by atoms with E-state index >= 15 is 0 Å². The highest BCUT2D eigenvalue weighted by atomic mass is 16.2. The molecule has 0 spiro atoms. The Hall–Kier alpha value is -1.58. The van der Waals surface area contributed by atoms with Gasteiger partial charge in [0.1, 0.15) is 0 Å². The van der Waals surface area contributed by atoms with Crippen LogP contribution in [0.4, 0.5) is 5.69 Å². The molecular formula is C13H19N3O. The van der Waals surface area contributed by atoms with E-state index in [9.17, 15) is 4.79 Å². The molecular weight excluding hydrogens is 214 g/mol. The third-order valence-corrected chi connectivity index (χ3v) is 3.26. The lowest BCUT2D eigenvalue weighted by Crippen LogP contribution is -2.39. The molecule has 0 radical (unpaired) electrons. The standard InChI is InChI=1S/C13H19N3O/c1-10-4-3-7-16(13(10)17)9-12-8-11(14-2)5-6-15-12/h5-6,8,10H,3-4,7,9H2,1-2H3,(H,14,15). The number of hydrogen-bond donors (Lipinski definition) is 1. The molecule has 4 nitrogen and oxygen atoms in total. The summed E-state index contributed by atoms with van der Waals surface area (Å²) in [5.74, 6) is 0.421. The fourth-order valence-corrected chi connectivity index (χ4v) is 2.21. The smallest absolute Gasteiger partial charge is 0.225 e. The first-order valence-corrected chi connectivity index (χ1v) is 6.12. The van der Waals surface area contributed by atoms with Gasteiger partial charge in [0, 0.05) is 31.4 Å². The molecule has 1 saturated heterocycles. The minimum absolute atomic E-state index is 0.163. The van der Waals surface area contributed by atoms with Crippen molar-refractivity contribution in [2.24, 2.45) is 5.92 Å². The number of nitrogens with zero attached hydrogens (tertiary/aromatic N) is 2. The Morgan fingerprint density at radius 1 is 1.59 bits per heavy atom. The third kappa shape index (κ3) is 2.75. The van der Waals surface area contributed by atoms with Crippen molar-refractivity contribution < 1.29 is 4.79 Å². The van der Waals surface area contributed by atoms with Crippen molar-refractivity contribution in [3.05, 3.63) is 24.0 Å². The van der Waals surface area contributed by atoms with Crippen LogP contribution < -0.4 is 5.32 Å². The van der Waals surface area contributed by atoms with Crippen molar-refractivity contribution in [3.8, 4) is 0 Å². The number of anilines is 1. The van der Waals surface area contributed by atoms with E-state index in [4.69, 9.17) is 0 Å². The quantitative estimate of drug-likeness (QED) is 0.867.